The van der Waals surface area contributed by atoms with Gasteiger partial charge in [-0.15, -0.1) is 0 Å². The zero-order valence-corrected chi connectivity index (χ0v) is 15.9. The highest BCUT2D eigenvalue weighted by atomic mass is 35.5. The molecule has 0 fully saturated rings. The number of carbonyl (C=O) groups is 1. The first kappa shape index (κ1) is 19.4. The Morgan fingerprint density at radius 1 is 1.20 bits per heavy atom. The third kappa shape index (κ3) is 4.20. The molecule has 0 saturated heterocycles. The van der Waals surface area contributed by atoms with Gasteiger partial charge >= 0.3 is 5.97 Å². The lowest BCUT2D eigenvalue weighted by Gasteiger charge is -2.19. The summed E-state index contributed by atoms with van der Waals surface area (Å²) in [5.74, 6) is -0.931. The zero-order valence-electron chi connectivity index (χ0n) is 15.2. The number of carbonyl (C=O) groups excluding carboxylic acids is 1. The van der Waals surface area contributed by atoms with Crippen LogP contribution in [0.15, 0.2) is 24.3 Å². The van der Waals surface area contributed by atoms with Gasteiger partial charge in [-0.05, 0) is 62.2 Å². The second kappa shape index (κ2) is 7.98. The lowest BCUT2D eigenvalue weighted by Crippen LogP contribution is -2.22. The lowest BCUT2D eigenvalue weighted by atomic mass is 9.91. The van der Waals surface area contributed by atoms with E-state index < -0.39 is 17.8 Å². The molecule has 5 heteroatoms. The number of esters is 1. The maximum absolute atomic E-state index is 14.6. The Balaban J connectivity index is 2.60. The number of hydrogen-bond donors (Lipinski definition) is 1. The number of benzene rings is 2. The highest BCUT2D eigenvalue weighted by molar-refractivity contribution is 6.31. The van der Waals surface area contributed by atoms with Crippen LogP contribution in [-0.2, 0) is 9.53 Å². The average molecular weight is 364 g/mol. The summed E-state index contributed by atoms with van der Waals surface area (Å²) in [5, 5.41) is 3.01. The summed E-state index contributed by atoms with van der Waals surface area (Å²) in [5.41, 5.74) is 5.59. The lowest BCUT2D eigenvalue weighted by molar-refractivity contribution is -0.141. The van der Waals surface area contributed by atoms with Crippen molar-refractivity contribution in [2.45, 2.75) is 33.2 Å². The molecule has 0 aliphatic heterocycles. The van der Waals surface area contributed by atoms with Crippen molar-refractivity contribution in [3.63, 3.8) is 0 Å². The molecule has 1 N–H and O–H groups in total. The normalized spacial score (nSPS) is 12.1. The smallest absolute Gasteiger partial charge is 0.307 e. The van der Waals surface area contributed by atoms with Crippen LogP contribution in [0.4, 0.5) is 4.39 Å². The van der Waals surface area contributed by atoms with Crippen molar-refractivity contribution in [3.05, 3.63) is 57.4 Å². The average Bonchev–Trinajstić information content (AvgIpc) is 2.54. The van der Waals surface area contributed by atoms with E-state index in [1.54, 1.807) is 19.2 Å². The molecule has 1 unspecified atom stereocenters. The maximum Gasteiger partial charge on any atom is 0.307 e. The van der Waals surface area contributed by atoms with E-state index in [1.165, 1.54) is 12.7 Å². The van der Waals surface area contributed by atoms with Gasteiger partial charge in [0.2, 0.25) is 0 Å². The van der Waals surface area contributed by atoms with Gasteiger partial charge in [0.25, 0.3) is 0 Å². The van der Waals surface area contributed by atoms with Gasteiger partial charge in [0.1, 0.15) is 5.82 Å². The Bertz CT molecular complexity index is 782. The number of ether oxygens (including phenoxy) is 1. The number of hydrogen-bond acceptors (Lipinski definition) is 3. The summed E-state index contributed by atoms with van der Waals surface area (Å²) in [6, 6.07) is 7.05. The molecule has 0 aliphatic rings. The van der Waals surface area contributed by atoms with Crippen LogP contribution in [0.5, 0.6) is 0 Å². The molecule has 2 aromatic carbocycles. The van der Waals surface area contributed by atoms with Crippen molar-refractivity contribution in [2.24, 2.45) is 0 Å². The zero-order chi connectivity index (χ0) is 18.7. The number of methoxy groups -OCH3 is 1. The Labute approximate surface area is 153 Å². The first-order valence-corrected chi connectivity index (χ1v) is 8.47. The minimum Gasteiger partial charge on any atom is -0.469 e. The van der Waals surface area contributed by atoms with Gasteiger partial charge < -0.3 is 10.1 Å². The Morgan fingerprint density at radius 3 is 2.32 bits per heavy atom. The van der Waals surface area contributed by atoms with E-state index >= 15 is 0 Å². The molecule has 2 rings (SSSR count). The molecule has 0 aliphatic carbocycles. The second-order valence-corrected chi connectivity index (χ2v) is 6.66. The molecule has 3 nitrogen and oxygen atoms in total. The van der Waals surface area contributed by atoms with Crippen LogP contribution in [0.3, 0.4) is 0 Å². The third-order valence-electron chi connectivity index (χ3n) is 4.34. The summed E-state index contributed by atoms with van der Waals surface area (Å²) in [7, 11) is 2.99. The topological polar surface area (TPSA) is 38.3 Å². The molecular formula is C20H23ClFNO2. The summed E-state index contributed by atoms with van der Waals surface area (Å²) < 4.78 is 19.3. The standard InChI is InChI=1S/C20H23ClFNO2/c1-11-6-12(2)19(13(3)7-11)14-8-15(20(22)16(21)9-14)17(23-4)10-18(24)25-5/h6-9,17,23H,10H2,1-5H3. The number of rotatable bonds is 5. The van der Waals surface area contributed by atoms with Gasteiger partial charge in [-0.3, -0.25) is 4.79 Å². The Morgan fingerprint density at radius 2 is 1.80 bits per heavy atom. The van der Waals surface area contributed by atoms with Crippen molar-refractivity contribution in [1.29, 1.82) is 0 Å². The largest absolute Gasteiger partial charge is 0.469 e. The minimum atomic E-state index is -0.518. The van der Waals surface area contributed by atoms with Crippen LogP contribution in [-0.4, -0.2) is 20.1 Å². The fourth-order valence-electron chi connectivity index (χ4n) is 3.26. The first-order valence-electron chi connectivity index (χ1n) is 8.09. The number of nitrogens with one attached hydrogen (secondary N) is 1. The molecule has 0 heterocycles. The fourth-order valence-corrected chi connectivity index (χ4v) is 3.49. The van der Waals surface area contributed by atoms with Crippen LogP contribution >= 0.6 is 11.6 Å². The molecule has 0 bridgehead atoms. The predicted octanol–water partition coefficient (Wildman–Crippen LogP) is 4.89. The van der Waals surface area contributed by atoms with Crippen molar-refractivity contribution in [2.75, 3.05) is 14.2 Å². The number of halogens is 2. The maximum atomic E-state index is 14.6. The van der Waals surface area contributed by atoms with Gasteiger partial charge in [0.05, 0.1) is 18.6 Å². The highest BCUT2D eigenvalue weighted by Crippen LogP contribution is 2.35. The van der Waals surface area contributed by atoms with Crippen LogP contribution in [0.25, 0.3) is 11.1 Å². The summed E-state index contributed by atoms with van der Waals surface area (Å²) in [6.07, 6.45) is 0.0234. The van der Waals surface area contributed by atoms with Gasteiger partial charge in [-0.25, -0.2) is 4.39 Å². The molecule has 25 heavy (non-hydrogen) atoms. The summed E-state index contributed by atoms with van der Waals surface area (Å²) in [6.45, 7) is 6.09. The minimum absolute atomic E-state index is 0.0234. The molecule has 0 spiro atoms. The van der Waals surface area contributed by atoms with E-state index in [0.29, 0.717) is 5.56 Å². The third-order valence-corrected chi connectivity index (χ3v) is 4.62. The molecule has 1 atom stereocenters. The van der Waals surface area contributed by atoms with E-state index in [4.69, 9.17) is 16.3 Å². The molecule has 134 valence electrons. The summed E-state index contributed by atoms with van der Waals surface area (Å²) >= 11 is 6.16. The van der Waals surface area contributed by atoms with Crippen LogP contribution in [0.2, 0.25) is 5.02 Å². The van der Waals surface area contributed by atoms with E-state index in [-0.39, 0.29) is 11.4 Å². The van der Waals surface area contributed by atoms with E-state index in [0.717, 1.165) is 22.3 Å². The van der Waals surface area contributed by atoms with Crippen LogP contribution in [0, 0.1) is 26.6 Å². The van der Waals surface area contributed by atoms with Crippen molar-refractivity contribution >= 4 is 17.6 Å². The molecular weight excluding hydrogens is 341 g/mol. The quantitative estimate of drug-likeness (QED) is 0.768. The van der Waals surface area contributed by atoms with E-state index in [1.807, 2.05) is 20.8 Å². The first-order chi connectivity index (χ1) is 11.8. The second-order valence-electron chi connectivity index (χ2n) is 6.26. The fraction of sp³-hybridized carbons (Fsp3) is 0.350. The van der Waals surface area contributed by atoms with Crippen LogP contribution in [0.1, 0.15) is 34.7 Å². The molecule has 2 aromatic rings. The molecule has 0 saturated carbocycles. The Kier molecular flexibility index (Phi) is 6.20. The van der Waals surface area contributed by atoms with Crippen molar-refractivity contribution < 1.29 is 13.9 Å². The van der Waals surface area contributed by atoms with Gasteiger partial charge in [0.15, 0.2) is 0 Å². The van der Waals surface area contributed by atoms with E-state index in [2.05, 4.69) is 17.4 Å². The molecule has 0 amide bonds. The predicted molar refractivity (Wildman–Crippen MR) is 99.5 cm³/mol. The van der Waals surface area contributed by atoms with Gasteiger partial charge in [-0.1, -0.05) is 29.3 Å². The van der Waals surface area contributed by atoms with Gasteiger partial charge in [0, 0.05) is 11.6 Å². The Hall–Kier alpha value is -1.91. The SMILES string of the molecule is CNC(CC(=O)OC)c1cc(-c2c(C)cc(C)cc2C)cc(Cl)c1F. The molecule has 0 aromatic heterocycles. The van der Waals surface area contributed by atoms with Crippen LogP contribution < -0.4 is 5.32 Å². The van der Waals surface area contributed by atoms with Crippen molar-refractivity contribution in [1.82, 2.24) is 5.32 Å². The highest BCUT2D eigenvalue weighted by Gasteiger charge is 2.22. The molecule has 0 radical (unpaired) electrons. The number of aryl methyl sites for hydroxylation is 3. The monoisotopic (exact) mass is 363 g/mol. The van der Waals surface area contributed by atoms with Crippen molar-refractivity contribution in [3.8, 4) is 11.1 Å². The van der Waals surface area contributed by atoms with E-state index in [9.17, 15) is 9.18 Å². The summed E-state index contributed by atoms with van der Waals surface area (Å²) in [4.78, 5) is 11.6. The van der Waals surface area contributed by atoms with Gasteiger partial charge in [-0.2, -0.15) is 0 Å².